The first-order chi connectivity index (χ1) is 13.6. The summed E-state index contributed by atoms with van der Waals surface area (Å²) in [6, 6.07) is 10.2. The average Bonchev–Trinajstić information content (AvgIpc) is 2.65. The quantitative estimate of drug-likeness (QED) is 0.607. The number of hydrogen-bond donors (Lipinski definition) is 1. The molecule has 0 unspecified atom stereocenters. The Hall–Kier alpha value is -2.33. The number of anilines is 1. The summed E-state index contributed by atoms with van der Waals surface area (Å²) in [6.07, 6.45) is 0. The molecule has 0 aromatic heterocycles. The molecule has 156 valence electrons. The molecule has 0 radical (unpaired) electrons. The fourth-order valence-corrected chi connectivity index (χ4v) is 3.47. The average molecular weight is 461 g/mol. The molecule has 0 bridgehead atoms. The molecule has 1 amide bonds. The second-order valence-corrected chi connectivity index (χ2v) is 8.88. The van der Waals surface area contributed by atoms with E-state index in [1.165, 1.54) is 50.5 Å². The van der Waals surface area contributed by atoms with Gasteiger partial charge in [0.15, 0.2) is 13.2 Å². The van der Waals surface area contributed by atoms with Crippen molar-refractivity contribution in [3.8, 4) is 5.75 Å². The van der Waals surface area contributed by atoms with E-state index in [1.807, 2.05) is 0 Å². The van der Waals surface area contributed by atoms with Gasteiger partial charge in [0.1, 0.15) is 5.75 Å². The van der Waals surface area contributed by atoms with E-state index >= 15 is 0 Å². The van der Waals surface area contributed by atoms with Crippen molar-refractivity contribution in [3.05, 3.63) is 52.5 Å². The van der Waals surface area contributed by atoms with E-state index in [1.54, 1.807) is 6.07 Å². The van der Waals surface area contributed by atoms with Gasteiger partial charge in [-0.1, -0.05) is 29.3 Å². The Balaban J connectivity index is 1.86. The van der Waals surface area contributed by atoms with Gasteiger partial charge in [-0.25, -0.2) is 17.5 Å². The molecule has 0 aliphatic rings. The van der Waals surface area contributed by atoms with Crippen molar-refractivity contribution in [1.82, 2.24) is 4.31 Å². The van der Waals surface area contributed by atoms with Crippen LogP contribution in [0.5, 0.6) is 5.75 Å². The number of halogens is 2. The van der Waals surface area contributed by atoms with Crippen LogP contribution in [0.1, 0.15) is 0 Å². The van der Waals surface area contributed by atoms with E-state index in [9.17, 15) is 18.0 Å². The lowest BCUT2D eigenvalue weighted by Gasteiger charge is -2.13. The fraction of sp³-hybridized carbons (Fsp3) is 0.222. The molecule has 0 atom stereocenters. The molecule has 2 aromatic carbocycles. The van der Waals surface area contributed by atoms with Crippen molar-refractivity contribution >= 4 is 50.8 Å². The van der Waals surface area contributed by atoms with Crippen molar-refractivity contribution < 1.29 is 27.5 Å². The number of benzene rings is 2. The SMILES string of the molecule is CN(C)S(=O)(=O)c1cccc(NC(=O)COC(=O)COc2ccc(Cl)cc2Cl)c1. The van der Waals surface area contributed by atoms with Gasteiger partial charge in [-0.15, -0.1) is 0 Å². The van der Waals surface area contributed by atoms with E-state index in [0.717, 1.165) is 4.31 Å². The molecule has 0 spiro atoms. The minimum atomic E-state index is -3.64. The molecule has 1 N–H and O–H groups in total. The first-order valence-electron chi connectivity index (χ1n) is 8.15. The van der Waals surface area contributed by atoms with E-state index in [-0.39, 0.29) is 21.4 Å². The summed E-state index contributed by atoms with van der Waals surface area (Å²) in [4.78, 5) is 23.7. The van der Waals surface area contributed by atoms with Crippen LogP contribution in [0.3, 0.4) is 0 Å². The Morgan fingerprint density at radius 1 is 1.07 bits per heavy atom. The third kappa shape index (κ3) is 6.60. The Labute approximate surface area is 178 Å². The summed E-state index contributed by atoms with van der Waals surface area (Å²) in [6.45, 7) is -1.02. The van der Waals surface area contributed by atoms with E-state index < -0.39 is 35.1 Å². The van der Waals surface area contributed by atoms with Crippen LogP contribution in [0, 0.1) is 0 Å². The second kappa shape index (κ2) is 9.93. The van der Waals surface area contributed by atoms with Gasteiger partial charge in [0.25, 0.3) is 5.91 Å². The third-order valence-corrected chi connectivity index (χ3v) is 5.84. The van der Waals surface area contributed by atoms with Crippen molar-refractivity contribution in [2.45, 2.75) is 4.90 Å². The Morgan fingerprint density at radius 3 is 2.45 bits per heavy atom. The van der Waals surface area contributed by atoms with Crippen LogP contribution in [0.4, 0.5) is 5.69 Å². The number of amides is 1. The molecular formula is C18H18Cl2N2O6S. The maximum atomic E-state index is 12.1. The van der Waals surface area contributed by atoms with Gasteiger partial charge < -0.3 is 14.8 Å². The normalized spacial score (nSPS) is 11.2. The monoisotopic (exact) mass is 460 g/mol. The zero-order valence-electron chi connectivity index (χ0n) is 15.5. The molecule has 0 saturated heterocycles. The lowest BCUT2D eigenvalue weighted by molar-refractivity contribution is -0.149. The topological polar surface area (TPSA) is 102 Å². The number of rotatable bonds is 8. The third-order valence-electron chi connectivity index (χ3n) is 3.50. The molecular weight excluding hydrogens is 443 g/mol. The molecule has 29 heavy (non-hydrogen) atoms. The highest BCUT2D eigenvalue weighted by molar-refractivity contribution is 7.89. The molecule has 2 aromatic rings. The van der Waals surface area contributed by atoms with Crippen LogP contribution in [0.2, 0.25) is 10.0 Å². The number of ether oxygens (including phenoxy) is 2. The predicted molar refractivity (Wildman–Crippen MR) is 109 cm³/mol. The number of hydrogen-bond acceptors (Lipinski definition) is 6. The van der Waals surface area contributed by atoms with Gasteiger partial charge in [-0.05, 0) is 36.4 Å². The van der Waals surface area contributed by atoms with E-state index in [4.69, 9.17) is 32.7 Å². The summed E-state index contributed by atoms with van der Waals surface area (Å²) in [5, 5.41) is 3.11. The van der Waals surface area contributed by atoms with Gasteiger partial charge in [-0.3, -0.25) is 4.79 Å². The number of esters is 1. The molecule has 2 rings (SSSR count). The van der Waals surface area contributed by atoms with Crippen LogP contribution in [-0.4, -0.2) is 51.9 Å². The molecule has 0 saturated carbocycles. The fourth-order valence-electron chi connectivity index (χ4n) is 2.06. The van der Waals surface area contributed by atoms with Crippen LogP contribution < -0.4 is 10.1 Å². The first-order valence-corrected chi connectivity index (χ1v) is 10.3. The molecule has 11 heteroatoms. The Bertz CT molecular complexity index is 1010. The van der Waals surface area contributed by atoms with Gasteiger partial charge in [0, 0.05) is 24.8 Å². The van der Waals surface area contributed by atoms with Crippen LogP contribution in [0.25, 0.3) is 0 Å². The smallest absolute Gasteiger partial charge is 0.344 e. The zero-order chi connectivity index (χ0) is 21.6. The summed E-state index contributed by atoms with van der Waals surface area (Å²) < 4.78 is 35.4. The predicted octanol–water partition coefficient (Wildman–Crippen LogP) is 2.80. The van der Waals surface area contributed by atoms with Crippen LogP contribution in [-0.2, 0) is 24.3 Å². The summed E-state index contributed by atoms with van der Waals surface area (Å²) >= 11 is 11.7. The van der Waals surface area contributed by atoms with Crippen molar-refractivity contribution in [1.29, 1.82) is 0 Å². The van der Waals surface area contributed by atoms with Crippen molar-refractivity contribution in [3.63, 3.8) is 0 Å². The van der Waals surface area contributed by atoms with Crippen LogP contribution in [0.15, 0.2) is 47.4 Å². The van der Waals surface area contributed by atoms with Gasteiger partial charge in [0.2, 0.25) is 10.0 Å². The number of carbonyl (C=O) groups excluding carboxylic acids is 2. The van der Waals surface area contributed by atoms with Crippen LogP contribution >= 0.6 is 23.2 Å². The highest BCUT2D eigenvalue weighted by Crippen LogP contribution is 2.27. The standard InChI is InChI=1S/C18H18Cl2N2O6S/c1-22(2)29(25,26)14-5-3-4-13(9-14)21-17(23)10-28-18(24)11-27-16-7-6-12(19)8-15(16)20/h3-9H,10-11H2,1-2H3,(H,21,23). The lowest BCUT2D eigenvalue weighted by Crippen LogP contribution is -2.24. The molecule has 0 aliphatic heterocycles. The number of nitrogens with zero attached hydrogens (tertiary/aromatic N) is 1. The van der Waals surface area contributed by atoms with Gasteiger partial charge >= 0.3 is 5.97 Å². The second-order valence-electron chi connectivity index (χ2n) is 5.89. The van der Waals surface area contributed by atoms with E-state index in [0.29, 0.717) is 5.02 Å². The zero-order valence-corrected chi connectivity index (χ0v) is 17.8. The van der Waals surface area contributed by atoms with Crippen molar-refractivity contribution in [2.75, 3.05) is 32.6 Å². The minimum Gasteiger partial charge on any atom is -0.480 e. The Kier molecular flexibility index (Phi) is 7.86. The number of nitrogens with one attached hydrogen (secondary N) is 1. The van der Waals surface area contributed by atoms with Gasteiger partial charge in [-0.2, -0.15) is 0 Å². The maximum absolute atomic E-state index is 12.1. The summed E-state index contributed by atoms with van der Waals surface area (Å²) in [5.74, 6) is -1.17. The minimum absolute atomic E-state index is 0.0190. The molecule has 0 fully saturated rings. The number of carbonyl (C=O) groups is 2. The lowest BCUT2D eigenvalue weighted by atomic mass is 10.3. The summed E-state index contributed by atoms with van der Waals surface area (Å²) in [7, 11) is -0.836. The number of sulfonamides is 1. The molecule has 0 heterocycles. The Morgan fingerprint density at radius 2 is 1.79 bits per heavy atom. The molecule has 8 nitrogen and oxygen atoms in total. The van der Waals surface area contributed by atoms with E-state index in [2.05, 4.69) is 5.32 Å². The summed E-state index contributed by atoms with van der Waals surface area (Å²) in [5.41, 5.74) is 0.248. The maximum Gasteiger partial charge on any atom is 0.344 e. The highest BCUT2D eigenvalue weighted by atomic mass is 35.5. The highest BCUT2D eigenvalue weighted by Gasteiger charge is 2.18. The van der Waals surface area contributed by atoms with Gasteiger partial charge in [0.05, 0.1) is 9.92 Å². The molecule has 0 aliphatic carbocycles. The largest absolute Gasteiger partial charge is 0.480 e. The first kappa shape index (κ1) is 23.0. The van der Waals surface area contributed by atoms with Crippen molar-refractivity contribution in [2.24, 2.45) is 0 Å².